The number of benzene rings is 2. The molecule has 1 aliphatic heterocycles. The van der Waals surface area contributed by atoms with Crippen LogP contribution < -0.4 is 5.32 Å². The second-order valence-electron chi connectivity index (χ2n) is 5.32. The Labute approximate surface area is 145 Å². The quantitative estimate of drug-likeness (QED) is 0.523. The lowest BCUT2D eigenvalue weighted by molar-refractivity contribution is 0.397. The van der Waals surface area contributed by atoms with Gasteiger partial charge in [-0.1, -0.05) is 12.1 Å². The molecule has 0 saturated carbocycles. The molecule has 0 bridgehead atoms. The van der Waals surface area contributed by atoms with Crippen LogP contribution in [0.2, 0.25) is 0 Å². The lowest BCUT2D eigenvalue weighted by atomic mass is 9.87. The highest BCUT2D eigenvalue weighted by Crippen LogP contribution is 2.48. The Kier molecular flexibility index (Phi) is 4.34. The Morgan fingerprint density at radius 3 is 2.27 bits per heavy atom. The first-order valence-electron chi connectivity index (χ1n) is 6.92. The Bertz CT molecular complexity index is 717. The van der Waals surface area contributed by atoms with Gasteiger partial charge in [-0.25, -0.2) is 0 Å². The molecule has 6 heteroatoms. The zero-order chi connectivity index (χ0) is 15.9. The minimum Gasteiger partial charge on any atom is -0.508 e. The van der Waals surface area contributed by atoms with Crippen LogP contribution in [0, 0.1) is 0 Å². The van der Waals surface area contributed by atoms with E-state index in [1.54, 1.807) is 12.1 Å². The van der Waals surface area contributed by atoms with E-state index in [0.29, 0.717) is 15.5 Å². The largest absolute Gasteiger partial charge is 0.508 e. The molecule has 1 heterocycles. The number of halogens is 2. The number of phenolic OH excluding ortho intramolecular Hbond substituents is 3. The van der Waals surface area contributed by atoms with Gasteiger partial charge in [-0.2, -0.15) is 0 Å². The number of hydrogen-bond donors (Lipinski definition) is 4. The molecule has 22 heavy (non-hydrogen) atoms. The summed E-state index contributed by atoms with van der Waals surface area (Å²) in [6.07, 6.45) is 0.747. The molecule has 0 amide bonds. The fraction of sp³-hybridized carbons (Fsp3) is 0.250. The fourth-order valence-electron chi connectivity index (χ4n) is 2.89. The monoisotopic (exact) mass is 427 g/mol. The number of aromatic hydroxyl groups is 3. The van der Waals surface area contributed by atoms with Gasteiger partial charge < -0.3 is 20.6 Å². The molecule has 1 unspecified atom stereocenters. The molecule has 3 rings (SSSR count). The molecule has 4 nitrogen and oxygen atoms in total. The molecule has 1 aliphatic rings. The van der Waals surface area contributed by atoms with Crippen LogP contribution in [-0.4, -0.2) is 28.4 Å². The third kappa shape index (κ3) is 2.59. The third-order valence-electron chi connectivity index (χ3n) is 4.01. The standard InChI is InChI=1S/C16H15Br2NO3/c17-13-10-5-6-19-7-11(8-1-3-9(20)4-2-8)12(10)14(18)16(22)15(13)21/h1-4,11,19-22H,5-7H2. The van der Waals surface area contributed by atoms with Crippen molar-refractivity contribution in [1.29, 1.82) is 0 Å². The molecule has 2 aromatic rings. The van der Waals surface area contributed by atoms with Crippen LogP contribution in [0.25, 0.3) is 0 Å². The van der Waals surface area contributed by atoms with Crippen LogP contribution >= 0.6 is 31.9 Å². The summed E-state index contributed by atoms with van der Waals surface area (Å²) in [5, 5.41) is 33.1. The summed E-state index contributed by atoms with van der Waals surface area (Å²) < 4.78 is 1.06. The van der Waals surface area contributed by atoms with E-state index < -0.39 is 0 Å². The van der Waals surface area contributed by atoms with Crippen LogP contribution in [0.1, 0.15) is 22.6 Å². The highest BCUT2D eigenvalue weighted by molar-refractivity contribution is 9.11. The minimum absolute atomic E-state index is 0.00951. The maximum Gasteiger partial charge on any atom is 0.173 e. The van der Waals surface area contributed by atoms with E-state index in [4.69, 9.17) is 0 Å². The summed E-state index contributed by atoms with van der Waals surface area (Å²) >= 11 is 6.83. The van der Waals surface area contributed by atoms with Crippen molar-refractivity contribution in [1.82, 2.24) is 5.32 Å². The number of phenols is 3. The van der Waals surface area contributed by atoms with Gasteiger partial charge in [0, 0.05) is 12.5 Å². The molecule has 1 atom stereocenters. The van der Waals surface area contributed by atoms with Gasteiger partial charge in [0.15, 0.2) is 11.5 Å². The van der Waals surface area contributed by atoms with E-state index in [0.717, 1.165) is 29.7 Å². The molecular weight excluding hydrogens is 414 g/mol. The average Bonchev–Trinajstić information content (AvgIpc) is 2.74. The summed E-state index contributed by atoms with van der Waals surface area (Å²) in [5.41, 5.74) is 2.97. The zero-order valence-electron chi connectivity index (χ0n) is 11.6. The van der Waals surface area contributed by atoms with Crippen molar-refractivity contribution < 1.29 is 15.3 Å². The molecule has 0 fully saturated rings. The summed E-state index contributed by atoms with van der Waals surface area (Å²) in [6, 6.07) is 7.06. The third-order valence-corrected chi connectivity index (χ3v) is 5.67. The first kappa shape index (κ1) is 15.6. The van der Waals surface area contributed by atoms with E-state index in [1.165, 1.54) is 0 Å². The predicted octanol–water partition coefficient (Wildman–Crippen LogP) is 3.61. The first-order chi connectivity index (χ1) is 10.5. The lowest BCUT2D eigenvalue weighted by Crippen LogP contribution is -2.21. The van der Waals surface area contributed by atoms with Gasteiger partial charge in [0.05, 0.1) is 8.95 Å². The van der Waals surface area contributed by atoms with Crippen molar-refractivity contribution in [2.45, 2.75) is 12.3 Å². The van der Waals surface area contributed by atoms with Crippen LogP contribution in [0.15, 0.2) is 33.2 Å². The van der Waals surface area contributed by atoms with Crippen LogP contribution in [0.3, 0.4) is 0 Å². The van der Waals surface area contributed by atoms with Gasteiger partial charge in [-0.05, 0) is 73.6 Å². The van der Waals surface area contributed by atoms with Crippen molar-refractivity contribution in [2.75, 3.05) is 13.1 Å². The SMILES string of the molecule is Oc1ccc(C2CNCCc3c(Br)c(O)c(O)c(Br)c32)cc1. The van der Waals surface area contributed by atoms with Crippen molar-refractivity contribution in [3.8, 4) is 17.2 Å². The number of nitrogens with one attached hydrogen (secondary N) is 1. The van der Waals surface area contributed by atoms with E-state index >= 15 is 0 Å². The van der Waals surface area contributed by atoms with Crippen LogP contribution in [0.4, 0.5) is 0 Å². The summed E-state index contributed by atoms with van der Waals surface area (Å²) in [7, 11) is 0. The lowest BCUT2D eigenvalue weighted by Gasteiger charge is -2.22. The predicted molar refractivity (Wildman–Crippen MR) is 91.7 cm³/mol. The molecular formula is C16H15Br2NO3. The average molecular weight is 429 g/mol. The molecule has 0 saturated heterocycles. The molecule has 0 aliphatic carbocycles. The second kappa shape index (κ2) is 6.10. The zero-order valence-corrected chi connectivity index (χ0v) is 14.8. The topological polar surface area (TPSA) is 72.7 Å². The molecule has 116 valence electrons. The molecule has 0 radical (unpaired) electrons. The van der Waals surface area contributed by atoms with Gasteiger partial charge in [0.1, 0.15) is 5.75 Å². The maximum atomic E-state index is 10.2. The van der Waals surface area contributed by atoms with Gasteiger partial charge in [-0.15, -0.1) is 0 Å². The van der Waals surface area contributed by atoms with Crippen molar-refractivity contribution in [3.05, 3.63) is 49.9 Å². The first-order valence-corrected chi connectivity index (χ1v) is 8.50. The van der Waals surface area contributed by atoms with E-state index in [9.17, 15) is 15.3 Å². The smallest absolute Gasteiger partial charge is 0.173 e. The Morgan fingerprint density at radius 1 is 0.955 bits per heavy atom. The van der Waals surface area contributed by atoms with Crippen molar-refractivity contribution >= 4 is 31.9 Å². The van der Waals surface area contributed by atoms with Crippen LogP contribution in [0.5, 0.6) is 17.2 Å². The van der Waals surface area contributed by atoms with E-state index in [2.05, 4.69) is 37.2 Å². The molecule has 4 N–H and O–H groups in total. The molecule has 0 spiro atoms. The van der Waals surface area contributed by atoms with E-state index in [-0.39, 0.29) is 23.2 Å². The van der Waals surface area contributed by atoms with Gasteiger partial charge in [-0.3, -0.25) is 0 Å². The van der Waals surface area contributed by atoms with Gasteiger partial charge in [0.2, 0.25) is 0 Å². The summed E-state index contributed by atoms with van der Waals surface area (Å²) in [4.78, 5) is 0. The molecule has 2 aromatic carbocycles. The van der Waals surface area contributed by atoms with Crippen molar-refractivity contribution in [3.63, 3.8) is 0 Å². The number of hydrogen-bond acceptors (Lipinski definition) is 4. The van der Waals surface area contributed by atoms with E-state index in [1.807, 2.05) is 12.1 Å². The Balaban J connectivity index is 2.22. The van der Waals surface area contributed by atoms with Gasteiger partial charge >= 0.3 is 0 Å². The van der Waals surface area contributed by atoms with Crippen LogP contribution in [-0.2, 0) is 6.42 Å². The molecule has 0 aromatic heterocycles. The van der Waals surface area contributed by atoms with Gasteiger partial charge in [0.25, 0.3) is 0 Å². The number of fused-ring (bicyclic) bond motifs is 1. The highest BCUT2D eigenvalue weighted by atomic mass is 79.9. The second-order valence-corrected chi connectivity index (χ2v) is 6.90. The normalized spacial score (nSPS) is 17.8. The fourth-order valence-corrected chi connectivity index (χ4v) is 4.19. The highest BCUT2D eigenvalue weighted by Gasteiger charge is 2.28. The maximum absolute atomic E-state index is 10.2. The number of rotatable bonds is 1. The Hall–Kier alpha value is -1.24. The Morgan fingerprint density at radius 2 is 1.59 bits per heavy atom. The van der Waals surface area contributed by atoms with Crippen molar-refractivity contribution in [2.24, 2.45) is 0 Å². The minimum atomic E-state index is -0.156. The summed E-state index contributed by atoms with van der Waals surface area (Å²) in [6.45, 7) is 1.50. The summed E-state index contributed by atoms with van der Waals surface area (Å²) in [5.74, 6) is -0.0667.